The number of benzene rings is 1. The van der Waals surface area contributed by atoms with Crippen molar-refractivity contribution in [3.05, 3.63) is 29.8 Å². The SMILES string of the molecule is CCNCCNCCc1ccc(SCC)cc1. The minimum atomic E-state index is 1.05. The maximum atomic E-state index is 3.44. The van der Waals surface area contributed by atoms with E-state index >= 15 is 0 Å². The Balaban J connectivity index is 2.14. The van der Waals surface area contributed by atoms with E-state index in [-0.39, 0.29) is 0 Å². The lowest BCUT2D eigenvalue weighted by Crippen LogP contribution is -2.28. The third kappa shape index (κ3) is 6.71. The molecule has 17 heavy (non-hydrogen) atoms. The van der Waals surface area contributed by atoms with Crippen LogP contribution in [-0.2, 0) is 6.42 Å². The molecule has 1 rings (SSSR count). The van der Waals surface area contributed by atoms with Gasteiger partial charge in [-0.15, -0.1) is 11.8 Å². The van der Waals surface area contributed by atoms with Crippen LogP contribution in [0, 0.1) is 0 Å². The summed E-state index contributed by atoms with van der Waals surface area (Å²) >= 11 is 1.90. The Morgan fingerprint density at radius 2 is 1.65 bits per heavy atom. The van der Waals surface area contributed by atoms with E-state index in [1.54, 1.807) is 0 Å². The molecule has 0 aliphatic carbocycles. The number of likely N-dealkylation sites (N-methyl/N-ethyl adjacent to an activating group) is 1. The van der Waals surface area contributed by atoms with Gasteiger partial charge in [0.15, 0.2) is 0 Å². The van der Waals surface area contributed by atoms with Gasteiger partial charge in [0.2, 0.25) is 0 Å². The molecule has 0 unspecified atom stereocenters. The van der Waals surface area contributed by atoms with Crippen molar-refractivity contribution in [3.8, 4) is 0 Å². The lowest BCUT2D eigenvalue weighted by atomic mass is 10.1. The van der Waals surface area contributed by atoms with Crippen molar-refractivity contribution < 1.29 is 0 Å². The van der Waals surface area contributed by atoms with Crippen LogP contribution in [-0.4, -0.2) is 31.9 Å². The fraction of sp³-hybridized carbons (Fsp3) is 0.571. The van der Waals surface area contributed by atoms with Gasteiger partial charge in [-0.1, -0.05) is 26.0 Å². The predicted molar refractivity (Wildman–Crippen MR) is 78.0 cm³/mol. The molecule has 1 aromatic carbocycles. The van der Waals surface area contributed by atoms with Gasteiger partial charge in [0.1, 0.15) is 0 Å². The molecule has 2 N–H and O–H groups in total. The maximum Gasteiger partial charge on any atom is 0.00768 e. The molecule has 0 aliphatic rings. The van der Waals surface area contributed by atoms with Crippen LogP contribution < -0.4 is 10.6 Å². The van der Waals surface area contributed by atoms with Crippen molar-refractivity contribution in [1.29, 1.82) is 0 Å². The molecule has 0 aromatic heterocycles. The third-order valence-corrected chi connectivity index (χ3v) is 3.45. The molecular weight excluding hydrogens is 228 g/mol. The highest BCUT2D eigenvalue weighted by atomic mass is 32.2. The molecule has 0 amide bonds. The minimum absolute atomic E-state index is 1.05. The molecule has 2 nitrogen and oxygen atoms in total. The Morgan fingerprint density at radius 1 is 0.941 bits per heavy atom. The number of thioether (sulfide) groups is 1. The van der Waals surface area contributed by atoms with Gasteiger partial charge >= 0.3 is 0 Å². The van der Waals surface area contributed by atoms with Gasteiger partial charge in [-0.2, -0.15) is 0 Å². The molecule has 96 valence electrons. The summed E-state index contributed by atoms with van der Waals surface area (Å²) in [6, 6.07) is 8.93. The molecular formula is C14H24N2S. The van der Waals surface area contributed by atoms with E-state index in [1.807, 2.05) is 11.8 Å². The van der Waals surface area contributed by atoms with Crippen LogP contribution in [0.5, 0.6) is 0 Å². The van der Waals surface area contributed by atoms with Crippen LogP contribution in [0.25, 0.3) is 0 Å². The monoisotopic (exact) mass is 252 g/mol. The molecule has 1 aromatic rings. The van der Waals surface area contributed by atoms with E-state index in [1.165, 1.54) is 10.5 Å². The zero-order valence-electron chi connectivity index (χ0n) is 11.0. The molecule has 0 aliphatic heterocycles. The molecule has 0 bridgehead atoms. The van der Waals surface area contributed by atoms with E-state index in [0.29, 0.717) is 0 Å². The quantitative estimate of drug-likeness (QED) is 0.522. The molecule has 0 fully saturated rings. The molecule has 0 atom stereocenters. The van der Waals surface area contributed by atoms with Crippen molar-refractivity contribution in [3.63, 3.8) is 0 Å². The van der Waals surface area contributed by atoms with Gasteiger partial charge in [0.05, 0.1) is 0 Å². The number of rotatable bonds is 9. The van der Waals surface area contributed by atoms with E-state index < -0.39 is 0 Å². The van der Waals surface area contributed by atoms with E-state index in [9.17, 15) is 0 Å². The number of nitrogens with one attached hydrogen (secondary N) is 2. The summed E-state index contributed by atoms with van der Waals surface area (Å²) in [4.78, 5) is 1.37. The standard InChI is InChI=1S/C14H24N2S/c1-3-15-11-12-16-10-9-13-5-7-14(8-6-13)17-4-2/h5-8,15-16H,3-4,9-12H2,1-2H3. The van der Waals surface area contributed by atoms with Gasteiger partial charge in [-0.3, -0.25) is 0 Å². The molecule has 0 spiro atoms. The summed E-state index contributed by atoms with van der Waals surface area (Å²) in [5.74, 6) is 1.14. The molecule has 0 saturated heterocycles. The zero-order chi connectivity index (χ0) is 12.3. The smallest absolute Gasteiger partial charge is 0.00768 e. The summed E-state index contributed by atoms with van der Waals surface area (Å²) < 4.78 is 0. The normalized spacial score (nSPS) is 10.7. The second-order valence-electron chi connectivity index (χ2n) is 3.93. The van der Waals surface area contributed by atoms with Gasteiger partial charge < -0.3 is 10.6 Å². The van der Waals surface area contributed by atoms with Crippen molar-refractivity contribution in [2.45, 2.75) is 25.2 Å². The van der Waals surface area contributed by atoms with Gasteiger partial charge in [-0.25, -0.2) is 0 Å². The van der Waals surface area contributed by atoms with Crippen LogP contribution in [0.1, 0.15) is 19.4 Å². The second-order valence-corrected chi connectivity index (χ2v) is 5.27. The van der Waals surface area contributed by atoms with Crippen LogP contribution >= 0.6 is 11.8 Å². The number of hydrogen-bond acceptors (Lipinski definition) is 3. The summed E-state index contributed by atoms with van der Waals surface area (Å²) in [5, 5.41) is 6.74. The first-order valence-electron chi connectivity index (χ1n) is 6.50. The summed E-state index contributed by atoms with van der Waals surface area (Å²) in [7, 11) is 0. The van der Waals surface area contributed by atoms with Crippen LogP contribution in [0.15, 0.2) is 29.2 Å². The summed E-state index contributed by atoms with van der Waals surface area (Å²) in [6.45, 7) is 8.55. The average molecular weight is 252 g/mol. The average Bonchev–Trinajstić information content (AvgIpc) is 2.36. The minimum Gasteiger partial charge on any atom is -0.316 e. The summed E-state index contributed by atoms with van der Waals surface area (Å²) in [5.41, 5.74) is 1.42. The van der Waals surface area contributed by atoms with Crippen molar-refractivity contribution in [2.75, 3.05) is 31.9 Å². The fourth-order valence-corrected chi connectivity index (χ4v) is 2.29. The van der Waals surface area contributed by atoms with Crippen LogP contribution in [0.3, 0.4) is 0 Å². The molecule has 0 heterocycles. The first-order chi connectivity index (χ1) is 8.36. The van der Waals surface area contributed by atoms with Crippen LogP contribution in [0.2, 0.25) is 0 Å². The lowest BCUT2D eigenvalue weighted by Gasteiger charge is -2.06. The zero-order valence-corrected chi connectivity index (χ0v) is 11.8. The summed E-state index contributed by atoms with van der Waals surface area (Å²) in [6.07, 6.45) is 1.11. The Hall–Kier alpha value is -0.510. The highest BCUT2D eigenvalue weighted by Gasteiger charge is 1.95. The van der Waals surface area contributed by atoms with Crippen LogP contribution in [0.4, 0.5) is 0 Å². The predicted octanol–water partition coefficient (Wildman–Crippen LogP) is 2.54. The highest BCUT2D eigenvalue weighted by molar-refractivity contribution is 7.99. The molecule has 3 heteroatoms. The second kappa shape index (κ2) is 9.51. The lowest BCUT2D eigenvalue weighted by molar-refractivity contribution is 0.624. The van der Waals surface area contributed by atoms with Gasteiger partial charge in [-0.05, 0) is 43.0 Å². The Labute approximate surface area is 110 Å². The highest BCUT2D eigenvalue weighted by Crippen LogP contribution is 2.17. The fourth-order valence-electron chi connectivity index (χ4n) is 1.63. The van der Waals surface area contributed by atoms with Crippen molar-refractivity contribution in [1.82, 2.24) is 10.6 Å². The van der Waals surface area contributed by atoms with E-state index in [4.69, 9.17) is 0 Å². The molecule has 0 saturated carbocycles. The number of hydrogen-bond donors (Lipinski definition) is 2. The van der Waals surface area contributed by atoms with E-state index in [2.05, 4.69) is 48.7 Å². The Morgan fingerprint density at radius 3 is 2.29 bits per heavy atom. The third-order valence-electron chi connectivity index (χ3n) is 2.55. The topological polar surface area (TPSA) is 24.1 Å². The van der Waals surface area contributed by atoms with Crippen molar-refractivity contribution >= 4 is 11.8 Å². The van der Waals surface area contributed by atoms with E-state index in [0.717, 1.165) is 38.4 Å². The molecule has 0 radical (unpaired) electrons. The van der Waals surface area contributed by atoms with Crippen molar-refractivity contribution in [2.24, 2.45) is 0 Å². The Kier molecular flexibility index (Phi) is 8.14. The van der Waals surface area contributed by atoms with Gasteiger partial charge in [0.25, 0.3) is 0 Å². The maximum absolute atomic E-state index is 3.44. The Bertz CT molecular complexity index is 285. The largest absolute Gasteiger partial charge is 0.316 e. The van der Waals surface area contributed by atoms with Gasteiger partial charge in [0, 0.05) is 18.0 Å². The first-order valence-corrected chi connectivity index (χ1v) is 7.48. The first kappa shape index (κ1) is 14.6.